The van der Waals surface area contributed by atoms with E-state index in [1.54, 1.807) is 12.1 Å². The van der Waals surface area contributed by atoms with E-state index in [1.807, 2.05) is 19.1 Å². The van der Waals surface area contributed by atoms with Crippen molar-refractivity contribution in [3.8, 4) is 0 Å². The number of aliphatic hydroxyl groups is 1. The van der Waals surface area contributed by atoms with E-state index in [-0.39, 0.29) is 19.5 Å². The number of nitrogens with one attached hydrogen (secondary N) is 2. The maximum Gasteiger partial charge on any atom is 0.259 e. The summed E-state index contributed by atoms with van der Waals surface area (Å²) in [6, 6.07) is 7.37. The van der Waals surface area contributed by atoms with Crippen molar-refractivity contribution in [2.24, 2.45) is 0 Å². The summed E-state index contributed by atoms with van der Waals surface area (Å²) < 4.78 is 14.1. The molecule has 1 aliphatic heterocycles. The second-order valence-electron chi connectivity index (χ2n) is 5.03. The van der Waals surface area contributed by atoms with Gasteiger partial charge in [-0.2, -0.15) is 0 Å². The highest BCUT2D eigenvalue weighted by Crippen LogP contribution is 2.20. The topological polar surface area (TPSA) is 61.4 Å². The van der Waals surface area contributed by atoms with Crippen LogP contribution in [0.25, 0.3) is 0 Å². The molecule has 3 N–H and O–H groups in total. The third-order valence-electron chi connectivity index (χ3n) is 3.43. The predicted octanol–water partition coefficient (Wildman–Crippen LogP) is 0.846. The summed E-state index contributed by atoms with van der Waals surface area (Å²) in [6.45, 7) is 2.52. The first-order valence-corrected chi connectivity index (χ1v) is 6.44. The zero-order chi connectivity index (χ0) is 13.9. The molecule has 0 radical (unpaired) electrons. The van der Waals surface area contributed by atoms with Crippen LogP contribution in [0.15, 0.2) is 24.3 Å². The molecule has 0 spiro atoms. The monoisotopic (exact) mass is 266 g/mol. The number of halogens is 1. The molecule has 1 saturated heterocycles. The van der Waals surface area contributed by atoms with Crippen molar-refractivity contribution in [1.82, 2.24) is 10.6 Å². The van der Waals surface area contributed by atoms with Crippen LogP contribution in [0.3, 0.4) is 0 Å². The van der Waals surface area contributed by atoms with Gasteiger partial charge in [-0.05, 0) is 19.0 Å². The summed E-state index contributed by atoms with van der Waals surface area (Å²) in [7, 11) is 0. The predicted molar refractivity (Wildman–Crippen MR) is 70.5 cm³/mol. The standard InChI is InChI=1S/C14H19FN2O2/c1-10-2-4-11(5-3-10)12(18)8-17-13(19)14(15)6-7-16-9-14/h2-5,12,16,18H,6-9H2,1H3,(H,17,19). The first-order valence-electron chi connectivity index (χ1n) is 6.44. The summed E-state index contributed by atoms with van der Waals surface area (Å²) in [4.78, 5) is 11.7. The van der Waals surface area contributed by atoms with Crippen molar-refractivity contribution in [2.75, 3.05) is 19.6 Å². The minimum absolute atomic E-state index is 0.0214. The summed E-state index contributed by atoms with van der Waals surface area (Å²) in [5.74, 6) is -0.649. The number of hydrogen-bond donors (Lipinski definition) is 3. The lowest BCUT2D eigenvalue weighted by Crippen LogP contribution is -2.46. The molecule has 1 amide bonds. The third kappa shape index (κ3) is 3.30. The van der Waals surface area contributed by atoms with E-state index in [2.05, 4.69) is 10.6 Å². The fourth-order valence-electron chi connectivity index (χ4n) is 2.11. The molecule has 0 aliphatic carbocycles. The van der Waals surface area contributed by atoms with Gasteiger partial charge in [0, 0.05) is 19.5 Å². The summed E-state index contributed by atoms with van der Waals surface area (Å²) in [6.07, 6.45) is -0.637. The zero-order valence-corrected chi connectivity index (χ0v) is 10.9. The van der Waals surface area contributed by atoms with Gasteiger partial charge in [-0.15, -0.1) is 0 Å². The lowest BCUT2D eigenvalue weighted by Gasteiger charge is -2.19. The Morgan fingerprint density at radius 2 is 2.21 bits per heavy atom. The summed E-state index contributed by atoms with van der Waals surface area (Å²) >= 11 is 0. The first kappa shape index (κ1) is 14.0. The highest BCUT2D eigenvalue weighted by atomic mass is 19.1. The van der Waals surface area contributed by atoms with Gasteiger partial charge in [0.1, 0.15) is 0 Å². The van der Waals surface area contributed by atoms with Gasteiger partial charge in [-0.25, -0.2) is 4.39 Å². The number of alkyl halides is 1. The Morgan fingerprint density at radius 1 is 1.53 bits per heavy atom. The summed E-state index contributed by atoms with van der Waals surface area (Å²) in [5, 5.41) is 15.2. The van der Waals surface area contributed by atoms with Gasteiger partial charge >= 0.3 is 0 Å². The molecule has 19 heavy (non-hydrogen) atoms. The summed E-state index contributed by atoms with van der Waals surface area (Å²) in [5.41, 5.74) is -0.0319. The molecule has 1 aliphatic rings. The first-order chi connectivity index (χ1) is 9.01. The van der Waals surface area contributed by atoms with Crippen molar-refractivity contribution >= 4 is 5.91 Å². The van der Waals surface area contributed by atoms with E-state index in [0.29, 0.717) is 12.1 Å². The normalized spacial score (nSPS) is 24.2. The van der Waals surface area contributed by atoms with E-state index < -0.39 is 17.7 Å². The maximum atomic E-state index is 14.1. The highest BCUT2D eigenvalue weighted by molar-refractivity contribution is 5.85. The molecule has 2 atom stereocenters. The van der Waals surface area contributed by atoms with Crippen molar-refractivity contribution in [3.63, 3.8) is 0 Å². The van der Waals surface area contributed by atoms with Gasteiger partial charge in [-0.1, -0.05) is 29.8 Å². The second-order valence-corrected chi connectivity index (χ2v) is 5.03. The molecule has 5 heteroatoms. The molecule has 1 fully saturated rings. The van der Waals surface area contributed by atoms with Crippen LogP contribution in [-0.4, -0.2) is 36.3 Å². The average Bonchev–Trinajstić information content (AvgIpc) is 2.84. The molecule has 0 saturated carbocycles. The van der Waals surface area contributed by atoms with Crippen molar-refractivity contribution in [1.29, 1.82) is 0 Å². The van der Waals surface area contributed by atoms with Crippen LogP contribution in [0.4, 0.5) is 4.39 Å². The van der Waals surface area contributed by atoms with Gasteiger partial charge in [0.25, 0.3) is 5.91 Å². The molecule has 0 aromatic heterocycles. The Hall–Kier alpha value is -1.46. The average molecular weight is 266 g/mol. The Balaban J connectivity index is 1.88. The zero-order valence-electron chi connectivity index (χ0n) is 10.9. The molecule has 1 aromatic rings. The number of hydrogen-bond acceptors (Lipinski definition) is 3. The molecule has 2 rings (SSSR count). The van der Waals surface area contributed by atoms with E-state index in [9.17, 15) is 14.3 Å². The minimum Gasteiger partial charge on any atom is -0.387 e. The lowest BCUT2D eigenvalue weighted by atomic mass is 10.0. The molecule has 1 heterocycles. The van der Waals surface area contributed by atoms with Gasteiger partial charge in [0.05, 0.1) is 6.10 Å². The van der Waals surface area contributed by atoms with E-state index in [4.69, 9.17) is 0 Å². The fourth-order valence-corrected chi connectivity index (χ4v) is 2.11. The van der Waals surface area contributed by atoms with Crippen molar-refractivity contribution < 1.29 is 14.3 Å². The van der Waals surface area contributed by atoms with E-state index in [0.717, 1.165) is 5.56 Å². The Bertz CT molecular complexity index is 441. The molecule has 4 nitrogen and oxygen atoms in total. The van der Waals surface area contributed by atoms with Crippen molar-refractivity contribution in [3.05, 3.63) is 35.4 Å². The van der Waals surface area contributed by atoms with Gasteiger partial charge < -0.3 is 15.7 Å². The van der Waals surface area contributed by atoms with Gasteiger partial charge in [-0.3, -0.25) is 4.79 Å². The maximum absolute atomic E-state index is 14.1. The van der Waals surface area contributed by atoms with Crippen LogP contribution in [-0.2, 0) is 4.79 Å². The quantitative estimate of drug-likeness (QED) is 0.757. The van der Waals surface area contributed by atoms with E-state index >= 15 is 0 Å². The Labute approximate surface area is 112 Å². The number of amides is 1. The van der Waals surface area contributed by atoms with Crippen LogP contribution in [0.1, 0.15) is 23.7 Å². The third-order valence-corrected chi connectivity index (χ3v) is 3.43. The molecular formula is C14H19FN2O2. The van der Waals surface area contributed by atoms with Crippen LogP contribution in [0, 0.1) is 6.92 Å². The number of rotatable bonds is 4. The van der Waals surface area contributed by atoms with Crippen LogP contribution < -0.4 is 10.6 Å². The number of aryl methyl sites for hydroxylation is 1. The van der Waals surface area contributed by atoms with Crippen LogP contribution in [0.2, 0.25) is 0 Å². The number of benzene rings is 1. The number of carbonyl (C=O) groups is 1. The Kier molecular flexibility index (Phi) is 4.17. The van der Waals surface area contributed by atoms with Crippen molar-refractivity contribution in [2.45, 2.75) is 25.1 Å². The number of carbonyl (C=O) groups excluding carboxylic acids is 1. The number of aliphatic hydroxyl groups excluding tert-OH is 1. The van der Waals surface area contributed by atoms with E-state index in [1.165, 1.54) is 0 Å². The van der Waals surface area contributed by atoms with Crippen LogP contribution in [0.5, 0.6) is 0 Å². The highest BCUT2D eigenvalue weighted by Gasteiger charge is 2.41. The SMILES string of the molecule is Cc1ccc(C(O)CNC(=O)C2(F)CCNC2)cc1. The molecule has 104 valence electrons. The van der Waals surface area contributed by atoms with Crippen LogP contribution >= 0.6 is 0 Å². The smallest absolute Gasteiger partial charge is 0.259 e. The molecule has 2 unspecified atom stereocenters. The Morgan fingerprint density at radius 3 is 2.79 bits per heavy atom. The van der Waals surface area contributed by atoms with Gasteiger partial charge in [0.2, 0.25) is 5.67 Å². The lowest BCUT2D eigenvalue weighted by molar-refractivity contribution is -0.132. The molecule has 1 aromatic carbocycles. The largest absolute Gasteiger partial charge is 0.387 e. The fraction of sp³-hybridized carbons (Fsp3) is 0.500. The molecular weight excluding hydrogens is 247 g/mol. The second kappa shape index (κ2) is 5.67. The minimum atomic E-state index is -1.84. The molecule has 0 bridgehead atoms. The van der Waals surface area contributed by atoms with Gasteiger partial charge in [0.15, 0.2) is 0 Å².